The maximum Gasteiger partial charge on any atom is 0.223 e. The minimum Gasteiger partial charge on any atom is -0.384 e. The van der Waals surface area contributed by atoms with Crippen LogP contribution in [-0.2, 0) is 9.53 Å². The first-order valence-corrected chi connectivity index (χ1v) is 8.18. The first kappa shape index (κ1) is 15.8. The zero-order valence-electron chi connectivity index (χ0n) is 13.2. The van der Waals surface area contributed by atoms with Gasteiger partial charge in [-0.3, -0.25) is 4.79 Å². The largest absolute Gasteiger partial charge is 0.384 e. The van der Waals surface area contributed by atoms with Crippen LogP contribution < -0.4 is 5.32 Å². The van der Waals surface area contributed by atoms with Gasteiger partial charge in [0.2, 0.25) is 5.91 Å². The Kier molecular flexibility index (Phi) is 5.85. The number of hydrogen-bond donors (Lipinski definition) is 1. The molecule has 0 aromatic rings. The Labute approximate surface area is 123 Å². The van der Waals surface area contributed by atoms with Crippen molar-refractivity contribution in [2.75, 3.05) is 20.3 Å². The molecule has 4 nitrogen and oxygen atoms in total. The fraction of sp³-hybridized carbons (Fsp3) is 0.938. The van der Waals surface area contributed by atoms with Gasteiger partial charge in [0.15, 0.2) is 0 Å². The van der Waals surface area contributed by atoms with Crippen molar-refractivity contribution in [1.82, 2.24) is 10.2 Å². The highest BCUT2D eigenvalue weighted by atomic mass is 16.5. The van der Waals surface area contributed by atoms with Crippen LogP contribution in [0.3, 0.4) is 0 Å². The molecule has 4 heteroatoms. The van der Waals surface area contributed by atoms with E-state index >= 15 is 0 Å². The van der Waals surface area contributed by atoms with Crippen molar-refractivity contribution in [3.63, 3.8) is 0 Å². The monoisotopic (exact) mass is 282 g/mol. The Bertz CT molecular complexity index is 310. The molecule has 3 atom stereocenters. The zero-order chi connectivity index (χ0) is 14.5. The molecule has 0 aromatic carbocycles. The standard InChI is InChI=1S/C16H30N2O2/c1-4-7-18(16(19)8-12(2)11-20-3)15-9-13-5-6-14(10-15)17-13/h12-15,17H,4-11H2,1-3H3. The Balaban J connectivity index is 1.93. The van der Waals surface area contributed by atoms with Crippen LogP contribution in [0.4, 0.5) is 0 Å². The highest BCUT2D eigenvalue weighted by Gasteiger charge is 2.37. The molecule has 2 bridgehead atoms. The number of amides is 1. The summed E-state index contributed by atoms with van der Waals surface area (Å²) in [5.74, 6) is 0.632. The second-order valence-corrected chi connectivity index (χ2v) is 6.61. The molecular weight excluding hydrogens is 252 g/mol. The zero-order valence-corrected chi connectivity index (χ0v) is 13.2. The molecule has 2 fully saturated rings. The van der Waals surface area contributed by atoms with Crippen molar-refractivity contribution in [1.29, 1.82) is 0 Å². The number of rotatable bonds is 7. The van der Waals surface area contributed by atoms with Crippen LogP contribution in [-0.4, -0.2) is 49.2 Å². The van der Waals surface area contributed by atoms with E-state index in [4.69, 9.17) is 4.74 Å². The second kappa shape index (κ2) is 7.41. The lowest BCUT2D eigenvalue weighted by atomic mass is 9.96. The average Bonchev–Trinajstić information content (AvgIpc) is 2.74. The molecule has 2 aliphatic rings. The summed E-state index contributed by atoms with van der Waals surface area (Å²) < 4.78 is 5.15. The minimum atomic E-state index is 0.310. The molecule has 20 heavy (non-hydrogen) atoms. The van der Waals surface area contributed by atoms with Crippen LogP contribution >= 0.6 is 0 Å². The number of carbonyl (C=O) groups excluding carboxylic acids is 1. The molecule has 0 radical (unpaired) electrons. The van der Waals surface area contributed by atoms with Crippen LogP contribution in [0.1, 0.15) is 52.4 Å². The van der Waals surface area contributed by atoms with Crippen molar-refractivity contribution in [3.05, 3.63) is 0 Å². The topological polar surface area (TPSA) is 41.6 Å². The lowest BCUT2D eigenvalue weighted by molar-refractivity contribution is -0.135. The Morgan fingerprint density at radius 2 is 2.00 bits per heavy atom. The van der Waals surface area contributed by atoms with Crippen LogP contribution in [0.2, 0.25) is 0 Å². The van der Waals surface area contributed by atoms with Crippen LogP contribution in [0, 0.1) is 5.92 Å². The lowest BCUT2D eigenvalue weighted by Gasteiger charge is -2.38. The molecule has 0 aromatic heterocycles. The van der Waals surface area contributed by atoms with Gasteiger partial charge in [-0.05, 0) is 38.0 Å². The Morgan fingerprint density at radius 3 is 2.55 bits per heavy atom. The van der Waals surface area contributed by atoms with Gasteiger partial charge in [0.1, 0.15) is 0 Å². The van der Waals surface area contributed by atoms with Gasteiger partial charge in [-0.15, -0.1) is 0 Å². The van der Waals surface area contributed by atoms with Crippen LogP contribution in [0.5, 0.6) is 0 Å². The summed E-state index contributed by atoms with van der Waals surface area (Å²) in [4.78, 5) is 14.8. The molecule has 2 aliphatic heterocycles. The van der Waals surface area contributed by atoms with Gasteiger partial charge in [-0.1, -0.05) is 13.8 Å². The molecule has 2 saturated heterocycles. The molecule has 3 unspecified atom stereocenters. The third-order valence-corrected chi connectivity index (χ3v) is 4.65. The molecule has 1 amide bonds. The molecule has 0 saturated carbocycles. The van der Waals surface area contributed by atoms with Gasteiger partial charge in [0.25, 0.3) is 0 Å². The van der Waals surface area contributed by atoms with Crippen LogP contribution in [0.15, 0.2) is 0 Å². The fourth-order valence-electron chi connectivity index (χ4n) is 3.79. The molecular formula is C16H30N2O2. The Hall–Kier alpha value is -0.610. The third kappa shape index (κ3) is 3.95. The summed E-state index contributed by atoms with van der Waals surface area (Å²) in [6, 6.07) is 1.74. The number of hydrogen-bond acceptors (Lipinski definition) is 3. The van der Waals surface area contributed by atoms with E-state index in [0.29, 0.717) is 43.0 Å². The summed E-state index contributed by atoms with van der Waals surface area (Å²) in [6.45, 7) is 5.83. The van der Waals surface area contributed by atoms with Gasteiger partial charge in [-0.2, -0.15) is 0 Å². The van der Waals surface area contributed by atoms with Crippen molar-refractivity contribution in [2.24, 2.45) is 5.92 Å². The lowest BCUT2D eigenvalue weighted by Crippen LogP contribution is -2.50. The Morgan fingerprint density at radius 1 is 1.35 bits per heavy atom. The predicted octanol–water partition coefficient (Wildman–Crippen LogP) is 2.18. The number of piperidine rings is 1. The fourth-order valence-corrected chi connectivity index (χ4v) is 3.79. The van der Waals surface area contributed by atoms with E-state index in [-0.39, 0.29) is 0 Å². The number of carbonyl (C=O) groups is 1. The summed E-state index contributed by atoms with van der Waals surface area (Å²) in [6.07, 6.45) is 6.52. The highest BCUT2D eigenvalue weighted by molar-refractivity contribution is 5.76. The maximum atomic E-state index is 12.6. The van der Waals surface area contributed by atoms with E-state index in [0.717, 1.165) is 25.8 Å². The molecule has 116 valence electrons. The number of fused-ring (bicyclic) bond motifs is 2. The van der Waals surface area contributed by atoms with Gasteiger partial charge in [0.05, 0.1) is 0 Å². The summed E-state index contributed by atoms with van der Waals surface area (Å²) in [7, 11) is 1.70. The highest BCUT2D eigenvalue weighted by Crippen LogP contribution is 2.30. The SMILES string of the molecule is CCCN(C(=O)CC(C)COC)C1CC2CCC(C1)N2. The maximum absolute atomic E-state index is 12.6. The third-order valence-electron chi connectivity index (χ3n) is 4.65. The summed E-state index contributed by atoms with van der Waals surface area (Å²) in [5, 5.41) is 3.66. The smallest absolute Gasteiger partial charge is 0.223 e. The second-order valence-electron chi connectivity index (χ2n) is 6.61. The summed E-state index contributed by atoms with van der Waals surface area (Å²) >= 11 is 0. The van der Waals surface area contributed by atoms with Gasteiger partial charge in [-0.25, -0.2) is 0 Å². The van der Waals surface area contributed by atoms with E-state index in [1.165, 1.54) is 12.8 Å². The average molecular weight is 282 g/mol. The van der Waals surface area contributed by atoms with E-state index < -0.39 is 0 Å². The van der Waals surface area contributed by atoms with Crippen molar-refractivity contribution < 1.29 is 9.53 Å². The van der Waals surface area contributed by atoms with E-state index in [1.807, 2.05) is 0 Å². The molecule has 0 aliphatic carbocycles. The van der Waals surface area contributed by atoms with Crippen molar-refractivity contribution in [3.8, 4) is 0 Å². The predicted molar refractivity (Wildman–Crippen MR) is 80.6 cm³/mol. The molecule has 1 N–H and O–H groups in total. The van der Waals surface area contributed by atoms with Crippen LogP contribution in [0.25, 0.3) is 0 Å². The van der Waals surface area contributed by atoms with Crippen molar-refractivity contribution in [2.45, 2.75) is 70.5 Å². The number of ether oxygens (including phenoxy) is 1. The van der Waals surface area contributed by atoms with E-state index in [2.05, 4.69) is 24.1 Å². The van der Waals surface area contributed by atoms with E-state index in [9.17, 15) is 4.79 Å². The quantitative estimate of drug-likeness (QED) is 0.778. The van der Waals surface area contributed by atoms with Gasteiger partial charge in [0, 0.05) is 44.8 Å². The van der Waals surface area contributed by atoms with E-state index in [1.54, 1.807) is 7.11 Å². The molecule has 0 spiro atoms. The number of nitrogens with one attached hydrogen (secondary N) is 1. The molecule has 2 heterocycles. The van der Waals surface area contributed by atoms with Gasteiger partial charge >= 0.3 is 0 Å². The first-order chi connectivity index (χ1) is 9.63. The molecule has 2 rings (SSSR count). The normalized spacial score (nSPS) is 30.2. The van der Waals surface area contributed by atoms with Gasteiger partial charge < -0.3 is 15.0 Å². The number of nitrogens with zero attached hydrogens (tertiary/aromatic N) is 1. The number of methoxy groups -OCH3 is 1. The minimum absolute atomic E-state index is 0.310. The van der Waals surface area contributed by atoms with Crippen molar-refractivity contribution >= 4 is 5.91 Å². The summed E-state index contributed by atoms with van der Waals surface area (Å²) in [5.41, 5.74) is 0. The first-order valence-electron chi connectivity index (χ1n) is 8.18.